The quantitative estimate of drug-likeness (QED) is 0.0970. The van der Waals surface area contributed by atoms with Crippen molar-refractivity contribution in [3.8, 4) is 0 Å². The van der Waals surface area contributed by atoms with E-state index in [0.29, 0.717) is 0 Å². The zero-order valence-corrected chi connectivity index (χ0v) is 26.2. The van der Waals surface area contributed by atoms with E-state index in [1.165, 1.54) is 167 Å². The first-order chi connectivity index (χ1) is 18.8. The van der Waals surface area contributed by atoms with Crippen LogP contribution in [0.25, 0.3) is 0 Å². The Kier molecular flexibility index (Phi) is 25.4. The zero-order valence-electron chi connectivity index (χ0n) is 26.2. The summed E-state index contributed by atoms with van der Waals surface area (Å²) in [5.41, 5.74) is 0. The van der Waals surface area contributed by atoms with Crippen molar-refractivity contribution in [1.29, 1.82) is 0 Å². The van der Waals surface area contributed by atoms with Crippen LogP contribution in [0.2, 0.25) is 0 Å². The highest BCUT2D eigenvalue weighted by atomic mass is 15.0. The minimum atomic E-state index is 0.870. The maximum atomic E-state index is 4.83. The molecule has 221 valence electrons. The molecule has 0 amide bonds. The molecule has 0 unspecified atom stereocenters. The molecule has 0 aliphatic rings. The fourth-order valence-corrected chi connectivity index (χ4v) is 5.44. The molecule has 3 nitrogen and oxygen atoms in total. The van der Waals surface area contributed by atoms with Gasteiger partial charge in [0.2, 0.25) is 0 Å². The Labute approximate surface area is 239 Å². The lowest BCUT2D eigenvalue weighted by atomic mass is 10.0. The van der Waals surface area contributed by atoms with E-state index in [2.05, 4.69) is 23.8 Å². The molecule has 0 saturated carbocycles. The molecule has 0 spiro atoms. The fraction of sp³-hybridized carbons (Fsp3) is 0.886. The Morgan fingerprint density at radius 2 is 0.632 bits per heavy atom. The van der Waals surface area contributed by atoms with Gasteiger partial charge >= 0.3 is 0 Å². The summed E-state index contributed by atoms with van der Waals surface area (Å²) in [5, 5.41) is 0. The average molecular weight is 529 g/mol. The van der Waals surface area contributed by atoms with E-state index < -0.39 is 0 Å². The Balaban J connectivity index is 2.03. The summed E-state index contributed by atoms with van der Waals surface area (Å²) in [7, 11) is 0. The van der Waals surface area contributed by atoms with Crippen LogP contribution in [0.1, 0.15) is 205 Å². The Morgan fingerprint density at radius 3 is 0.895 bits per heavy atom. The van der Waals surface area contributed by atoms with Crippen molar-refractivity contribution in [3.05, 3.63) is 23.9 Å². The molecule has 38 heavy (non-hydrogen) atoms. The highest BCUT2D eigenvalue weighted by Crippen LogP contribution is 2.15. The van der Waals surface area contributed by atoms with Crippen molar-refractivity contribution in [2.75, 3.05) is 0 Å². The van der Waals surface area contributed by atoms with Crippen LogP contribution in [0.4, 0.5) is 0 Å². The van der Waals surface area contributed by atoms with Crippen LogP contribution in [0, 0.1) is 6.42 Å². The summed E-state index contributed by atoms with van der Waals surface area (Å²) in [6.07, 6.45) is 40.3. The van der Waals surface area contributed by atoms with E-state index in [1.54, 1.807) is 0 Å². The van der Waals surface area contributed by atoms with Crippen molar-refractivity contribution in [2.45, 2.75) is 201 Å². The van der Waals surface area contributed by atoms with Gasteiger partial charge in [0.05, 0.1) is 0 Å². The number of aromatic nitrogens is 3. The Hall–Kier alpha value is -0.990. The molecule has 1 heterocycles. The van der Waals surface area contributed by atoms with Gasteiger partial charge in [-0.1, -0.05) is 175 Å². The molecule has 0 atom stereocenters. The van der Waals surface area contributed by atoms with Crippen molar-refractivity contribution in [3.63, 3.8) is 0 Å². The van der Waals surface area contributed by atoms with Crippen LogP contribution in [-0.2, 0) is 12.8 Å². The molecule has 0 N–H and O–H groups in total. The first kappa shape index (κ1) is 35.0. The predicted octanol–water partition coefficient (Wildman–Crippen LogP) is 11.7. The van der Waals surface area contributed by atoms with Gasteiger partial charge < -0.3 is 0 Å². The van der Waals surface area contributed by atoms with Crippen LogP contribution in [0.3, 0.4) is 0 Å². The number of hydrogen-bond donors (Lipinski definition) is 0. The molecule has 1 aromatic heterocycles. The monoisotopic (exact) mass is 529 g/mol. The summed E-state index contributed by atoms with van der Waals surface area (Å²) >= 11 is 0. The molecule has 0 aliphatic heterocycles. The zero-order chi connectivity index (χ0) is 27.4. The average Bonchev–Trinajstić information content (AvgIpc) is 2.93. The third-order valence-corrected chi connectivity index (χ3v) is 8.01. The molecule has 0 aromatic carbocycles. The SMILES string of the molecule is C[CH]c1nc(CCCCCCCCCCCCCCC)nc(CCCCCCCCCCCCCCC)n1. The summed E-state index contributed by atoms with van der Waals surface area (Å²) in [4.78, 5) is 14.2. The van der Waals surface area contributed by atoms with Crippen LogP contribution in [0.15, 0.2) is 0 Å². The third-order valence-electron chi connectivity index (χ3n) is 8.01. The minimum absolute atomic E-state index is 0.870. The van der Waals surface area contributed by atoms with E-state index in [-0.39, 0.29) is 0 Å². The summed E-state index contributed by atoms with van der Waals surface area (Å²) in [6, 6.07) is 0. The van der Waals surface area contributed by atoms with Crippen LogP contribution in [0.5, 0.6) is 0 Å². The second-order valence-electron chi connectivity index (χ2n) is 11.8. The molecular weight excluding hydrogens is 462 g/mol. The van der Waals surface area contributed by atoms with Crippen LogP contribution >= 0.6 is 0 Å². The van der Waals surface area contributed by atoms with Gasteiger partial charge in [-0.05, 0) is 12.8 Å². The molecule has 0 saturated heterocycles. The van der Waals surface area contributed by atoms with E-state index in [9.17, 15) is 0 Å². The fourth-order valence-electron chi connectivity index (χ4n) is 5.44. The van der Waals surface area contributed by atoms with Gasteiger partial charge in [-0.3, -0.25) is 0 Å². The van der Waals surface area contributed by atoms with Gasteiger partial charge in [-0.2, -0.15) is 0 Å². The second kappa shape index (κ2) is 27.6. The van der Waals surface area contributed by atoms with Gasteiger partial charge in [0.1, 0.15) is 17.5 Å². The molecule has 1 rings (SSSR count). The highest BCUT2D eigenvalue weighted by molar-refractivity contribution is 5.04. The van der Waals surface area contributed by atoms with Crippen molar-refractivity contribution < 1.29 is 0 Å². The number of unbranched alkanes of at least 4 members (excludes halogenated alkanes) is 24. The van der Waals surface area contributed by atoms with Crippen molar-refractivity contribution >= 4 is 0 Å². The van der Waals surface area contributed by atoms with Crippen LogP contribution in [-0.4, -0.2) is 15.0 Å². The van der Waals surface area contributed by atoms with E-state index in [0.717, 1.165) is 30.3 Å². The van der Waals surface area contributed by atoms with Crippen LogP contribution < -0.4 is 0 Å². The maximum absolute atomic E-state index is 4.83. The summed E-state index contributed by atoms with van der Waals surface area (Å²) in [5.74, 6) is 2.90. The second-order valence-corrected chi connectivity index (χ2v) is 11.8. The van der Waals surface area contributed by atoms with Gasteiger partial charge in [0, 0.05) is 19.3 Å². The summed E-state index contributed by atoms with van der Waals surface area (Å²) in [6.45, 7) is 6.63. The molecule has 3 heteroatoms. The third kappa shape index (κ3) is 21.9. The lowest BCUT2D eigenvalue weighted by Crippen LogP contribution is -2.07. The van der Waals surface area contributed by atoms with Gasteiger partial charge in [0.25, 0.3) is 0 Å². The highest BCUT2D eigenvalue weighted by Gasteiger charge is 2.06. The molecule has 0 bridgehead atoms. The predicted molar refractivity (Wildman–Crippen MR) is 168 cm³/mol. The normalized spacial score (nSPS) is 11.4. The van der Waals surface area contributed by atoms with Crippen molar-refractivity contribution in [2.24, 2.45) is 0 Å². The topological polar surface area (TPSA) is 38.7 Å². The molecule has 0 aliphatic carbocycles. The number of nitrogens with zero attached hydrogens (tertiary/aromatic N) is 3. The van der Waals surface area contributed by atoms with Crippen molar-refractivity contribution in [1.82, 2.24) is 15.0 Å². The lowest BCUT2D eigenvalue weighted by Gasteiger charge is -2.07. The Morgan fingerprint density at radius 1 is 0.368 bits per heavy atom. The first-order valence-corrected chi connectivity index (χ1v) is 17.3. The van der Waals surface area contributed by atoms with Gasteiger partial charge in [-0.25, -0.2) is 15.0 Å². The number of hydrogen-bond acceptors (Lipinski definition) is 3. The van der Waals surface area contributed by atoms with E-state index in [1.807, 2.05) is 13.3 Å². The van der Waals surface area contributed by atoms with Gasteiger partial charge in [-0.15, -0.1) is 0 Å². The van der Waals surface area contributed by atoms with Gasteiger partial charge in [0.15, 0.2) is 0 Å². The molecule has 1 aromatic rings. The standard InChI is InChI=1S/C35H66N3/c1-4-7-9-11-13-15-17-19-21-23-25-27-29-31-34-36-33(6-3)37-35(38-34)32-30-28-26-24-22-20-18-16-14-12-10-8-5-2/h6H,4-5,7-32H2,1-3H3. The van der Waals surface area contributed by atoms with E-state index in [4.69, 9.17) is 4.98 Å². The molecule has 0 fully saturated rings. The Bertz CT molecular complexity index is 567. The molecular formula is C35H66N3. The minimum Gasteiger partial charge on any atom is -0.218 e. The van der Waals surface area contributed by atoms with E-state index >= 15 is 0 Å². The first-order valence-electron chi connectivity index (χ1n) is 17.3. The number of rotatable bonds is 29. The lowest BCUT2D eigenvalue weighted by molar-refractivity contribution is 0.535. The summed E-state index contributed by atoms with van der Waals surface area (Å²) < 4.78 is 0. The number of aryl methyl sites for hydroxylation is 2. The smallest absolute Gasteiger partial charge is 0.136 e. The molecule has 1 radical (unpaired) electrons. The maximum Gasteiger partial charge on any atom is 0.136 e. The largest absolute Gasteiger partial charge is 0.218 e.